The first-order valence-corrected chi connectivity index (χ1v) is 19.7. The van der Waals surface area contributed by atoms with Crippen LogP contribution in [0.4, 0.5) is 0 Å². The van der Waals surface area contributed by atoms with Crippen LogP contribution in [0.1, 0.15) is 126 Å². The molecule has 0 amide bonds. The van der Waals surface area contributed by atoms with Gasteiger partial charge in [-0.15, -0.1) is 0 Å². The summed E-state index contributed by atoms with van der Waals surface area (Å²) in [6, 6.07) is 23.2. The van der Waals surface area contributed by atoms with Gasteiger partial charge in [-0.3, -0.25) is 4.79 Å². The highest BCUT2D eigenvalue weighted by molar-refractivity contribution is 5.76. The van der Waals surface area contributed by atoms with Gasteiger partial charge in [0.1, 0.15) is 23.0 Å². The molecule has 0 aliphatic carbocycles. The number of aryl methyl sites for hydroxylation is 1. The number of phenols is 2. The van der Waals surface area contributed by atoms with Gasteiger partial charge in [0, 0.05) is 38.0 Å². The first-order chi connectivity index (χ1) is 26.5. The van der Waals surface area contributed by atoms with Crippen molar-refractivity contribution in [3.63, 3.8) is 0 Å². The normalized spacial score (nSPS) is 11.7. The van der Waals surface area contributed by atoms with E-state index in [1.165, 1.54) is 24.0 Å². The molecule has 302 valence electrons. The lowest BCUT2D eigenvalue weighted by molar-refractivity contribution is -0.135. The fraction of sp³-hybridized carbons (Fsp3) is 0.468. The largest absolute Gasteiger partial charge is 0.508 e. The van der Waals surface area contributed by atoms with Crippen LogP contribution in [0.3, 0.4) is 0 Å². The maximum atomic E-state index is 12.9. The lowest BCUT2D eigenvalue weighted by Crippen LogP contribution is -2.15. The van der Waals surface area contributed by atoms with Gasteiger partial charge in [-0.25, -0.2) is 0 Å². The highest BCUT2D eigenvalue weighted by Gasteiger charge is 2.19. The van der Waals surface area contributed by atoms with Crippen molar-refractivity contribution in [1.82, 2.24) is 0 Å². The molecule has 0 aromatic heterocycles. The molecule has 0 radical (unpaired) electrons. The van der Waals surface area contributed by atoms with Crippen molar-refractivity contribution in [3.8, 4) is 34.1 Å². The van der Waals surface area contributed by atoms with E-state index < -0.39 is 5.97 Å². The molecule has 0 aliphatic rings. The third-order valence-electron chi connectivity index (χ3n) is 9.55. The minimum atomic E-state index is -0.404. The lowest BCUT2D eigenvalue weighted by Gasteiger charge is -2.18. The first kappa shape index (κ1) is 46.8. The van der Waals surface area contributed by atoms with Gasteiger partial charge < -0.3 is 33.9 Å². The van der Waals surface area contributed by atoms with Gasteiger partial charge in [-0.05, 0) is 107 Å². The van der Waals surface area contributed by atoms with Gasteiger partial charge in [-0.2, -0.15) is 0 Å². The van der Waals surface area contributed by atoms with Gasteiger partial charge in [0.25, 0.3) is 0 Å². The van der Waals surface area contributed by atoms with Gasteiger partial charge in [0.2, 0.25) is 0 Å². The molecule has 2 unspecified atom stereocenters. The predicted molar refractivity (Wildman–Crippen MR) is 223 cm³/mol. The summed E-state index contributed by atoms with van der Waals surface area (Å²) in [5.74, 6) is 2.43. The van der Waals surface area contributed by atoms with E-state index in [0.717, 1.165) is 46.4 Å². The van der Waals surface area contributed by atoms with Crippen molar-refractivity contribution in [2.75, 3.05) is 27.9 Å². The van der Waals surface area contributed by atoms with Crippen LogP contribution in [0.15, 0.2) is 72.8 Å². The quantitative estimate of drug-likeness (QED) is 0.0763. The fourth-order valence-corrected chi connectivity index (χ4v) is 5.62. The van der Waals surface area contributed by atoms with Gasteiger partial charge in [-0.1, -0.05) is 85.6 Å². The number of ether oxygens (including phenoxy) is 5. The number of carbonyl (C=O) groups is 1. The molecule has 4 aromatic rings. The minimum absolute atomic E-state index is 0.0892. The summed E-state index contributed by atoms with van der Waals surface area (Å²) in [4.78, 5) is 12.9. The van der Waals surface area contributed by atoms with E-state index in [1.54, 1.807) is 33.5 Å². The van der Waals surface area contributed by atoms with E-state index in [2.05, 4.69) is 53.7 Å². The van der Waals surface area contributed by atoms with Crippen LogP contribution in [0.5, 0.6) is 23.0 Å². The van der Waals surface area contributed by atoms with Crippen LogP contribution >= 0.6 is 0 Å². The number of phenolic OH excluding ortho intramolecular Hbond substituents is 2. The molecule has 4 rings (SSSR count). The number of rotatable bonds is 18. The monoisotopic (exact) mass is 758 g/mol. The molecule has 0 bridgehead atoms. The van der Waals surface area contributed by atoms with E-state index >= 15 is 0 Å². The number of hydrogen-bond donors (Lipinski definition) is 2. The van der Waals surface area contributed by atoms with Crippen LogP contribution in [-0.2, 0) is 45.2 Å². The second-order valence-electron chi connectivity index (χ2n) is 13.8. The van der Waals surface area contributed by atoms with E-state index in [9.17, 15) is 9.90 Å². The standard InChI is InChI=1S/C33H42O7.C10H14O.C4H10/c1-7-22(3)24-9-11-30(12-10-24)39-14-13-31(34)40-33-28(20-37-5)17-26(18-29(33)21-38-6)25-15-23(8-2)32(35)27(16-25)19-36-4;1-3-8(2)9-4-6-10(11)7-5-9;1-3-4-2/h9-12,15-18,22,35H,7-8,13-14,19-21H2,1-6H3;4-8,11H,3H2,1-2H3;3-4H2,1-2H3. The molecule has 2 atom stereocenters. The molecule has 0 aliphatic heterocycles. The molecule has 0 fully saturated rings. The molecule has 0 saturated heterocycles. The van der Waals surface area contributed by atoms with Gasteiger partial charge in [0.05, 0.1) is 32.8 Å². The number of benzene rings is 4. The molecule has 2 N–H and O–H groups in total. The first-order valence-electron chi connectivity index (χ1n) is 19.7. The highest BCUT2D eigenvalue weighted by atomic mass is 16.5. The maximum Gasteiger partial charge on any atom is 0.314 e. The summed E-state index contributed by atoms with van der Waals surface area (Å²) in [5, 5.41) is 19.6. The zero-order valence-electron chi connectivity index (χ0n) is 35.0. The van der Waals surface area contributed by atoms with E-state index in [-0.39, 0.29) is 32.0 Å². The van der Waals surface area contributed by atoms with Crippen molar-refractivity contribution < 1.29 is 38.7 Å². The third-order valence-corrected chi connectivity index (χ3v) is 9.55. The van der Waals surface area contributed by atoms with Crippen molar-refractivity contribution in [3.05, 3.63) is 106 Å². The molecular weight excluding hydrogens is 693 g/mol. The molecule has 8 heteroatoms. The zero-order valence-corrected chi connectivity index (χ0v) is 35.0. The van der Waals surface area contributed by atoms with E-state index in [1.807, 2.05) is 55.5 Å². The average Bonchev–Trinajstić information content (AvgIpc) is 3.20. The average molecular weight is 759 g/mol. The summed E-state index contributed by atoms with van der Waals surface area (Å²) in [6.45, 7) is 16.1. The predicted octanol–water partition coefficient (Wildman–Crippen LogP) is 11.7. The van der Waals surface area contributed by atoms with Crippen LogP contribution in [0.2, 0.25) is 0 Å². The smallest absolute Gasteiger partial charge is 0.314 e. The van der Waals surface area contributed by atoms with Crippen LogP contribution in [0.25, 0.3) is 11.1 Å². The Kier molecular flexibility index (Phi) is 21.8. The number of methoxy groups -OCH3 is 3. The Hall–Kier alpha value is -4.37. The number of aromatic hydroxyl groups is 2. The molecule has 4 aromatic carbocycles. The molecular formula is C47H66O8. The Morgan fingerprint density at radius 3 is 1.49 bits per heavy atom. The van der Waals surface area contributed by atoms with Crippen molar-refractivity contribution in [2.45, 2.75) is 119 Å². The molecule has 8 nitrogen and oxygen atoms in total. The van der Waals surface area contributed by atoms with Crippen LogP contribution < -0.4 is 9.47 Å². The molecule has 55 heavy (non-hydrogen) atoms. The second-order valence-corrected chi connectivity index (χ2v) is 13.8. The zero-order chi connectivity index (χ0) is 40.8. The number of carbonyl (C=O) groups excluding carboxylic acids is 1. The van der Waals surface area contributed by atoms with Gasteiger partial charge >= 0.3 is 5.97 Å². The van der Waals surface area contributed by atoms with Crippen molar-refractivity contribution >= 4 is 5.97 Å². The Morgan fingerprint density at radius 2 is 1.05 bits per heavy atom. The lowest BCUT2D eigenvalue weighted by atomic mass is 9.94. The number of hydrogen-bond acceptors (Lipinski definition) is 8. The summed E-state index contributed by atoms with van der Waals surface area (Å²) in [6.07, 6.45) is 5.62. The highest BCUT2D eigenvalue weighted by Crippen LogP contribution is 2.36. The SMILES string of the molecule is CCC(C)c1ccc(O)cc1.CCCC.CCc1cc(-c2cc(COC)c(OC(=O)CCOc3ccc(C(C)CC)cc3)c(COC)c2)cc(COC)c1O. The van der Waals surface area contributed by atoms with E-state index in [0.29, 0.717) is 41.9 Å². The van der Waals surface area contributed by atoms with Gasteiger partial charge in [0.15, 0.2) is 0 Å². The Labute approximate surface area is 330 Å². The Morgan fingerprint density at radius 1 is 0.618 bits per heavy atom. The molecule has 0 saturated carbocycles. The van der Waals surface area contributed by atoms with Crippen LogP contribution in [-0.4, -0.2) is 44.1 Å². The van der Waals surface area contributed by atoms with Crippen molar-refractivity contribution in [1.29, 1.82) is 0 Å². The summed E-state index contributed by atoms with van der Waals surface area (Å²) >= 11 is 0. The summed E-state index contributed by atoms with van der Waals surface area (Å²) < 4.78 is 27.9. The molecule has 0 heterocycles. The van der Waals surface area contributed by atoms with Crippen molar-refractivity contribution in [2.24, 2.45) is 0 Å². The number of unbranched alkanes of at least 4 members (excludes halogenated alkanes) is 1. The van der Waals surface area contributed by atoms with Crippen LogP contribution in [0, 0.1) is 0 Å². The maximum absolute atomic E-state index is 12.9. The Bertz CT molecular complexity index is 1650. The minimum Gasteiger partial charge on any atom is -0.508 e. The Balaban J connectivity index is 0.000000580. The third kappa shape index (κ3) is 15.4. The summed E-state index contributed by atoms with van der Waals surface area (Å²) in [5.41, 5.74) is 7.37. The fourth-order valence-electron chi connectivity index (χ4n) is 5.62. The topological polar surface area (TPSA) is 104 Å². The number of esters is 1. The molecule has 0 spiro atoms. The second kappa shape index (κ2) is 25.7. The van der Waals surface area contributed by atoms with E-state index in [4.69, 9.17) is 28.8 Å². The summed E-state index contributed by atoms with van der Waals surface area (Å²) in [7, 11) is 4.80.